The number of benzene rings is 2. The molecule has 0 saturated carbocycles. The molecule has 6 nitrogen and oxygen atoms in total. The predicted octanol–water partition coefficient (Wildman–Crippen LogP) is 4.39. The highest BCUT2D eigenvalue weighted by Crippen LogP contribution is 2.34. The van der Waals surface area contributed by atoms with Crippen LogP contribution in [0.15, 0.2) is 60.7 Å². The number of hydrazine groups is 1. The van der Waals surface area contributed by atoms with Crippen LogP contribution in [0, 0.1) is 5.82 Å². The Labute approximate surface area is 179 Å². The van der Waals surface area contributed by atoms with Gasteiger partial charge in [-0.05, 0) is 43.3 Å². The first-order valence-electron chi connectivity index (χ1n) is 8.98. The number of nitrogens with one attached hydrogen (secondary N) is 2. The van der Waals surface area contributed by atoms with Crippen LogP contribution in [0.3, 0.4) is 0 Å². The second kappa shape index (κ2) is 8.60. The van der Waals surface area contributed by atoms with Crippen molar-refractivity contribution in [2.45, 2.75) is 13.0 Å². The van der Waals surface area contributed by atoms with Gasteiger partial charge in [-0.15, -0.1) is 22.7 Å². The molecule has 2 aromatic heterocycles. The van der Waals surface area contributed by atoms with Gasteiger partial charge in [-0.3, -0.25) is 20.4 Å². The van der Waals surface area contributed by atoms with Crippen LogP contribution in [0.4, 0.5) is 4.39 Å². The van der Waals surface area contributed by atoms with Crippen molar-refractivity contribution < 1.29 is 18.7 Å². The summed E-state index contributed by atoms with van der Waals surface area (Å²) in [6.45, 7) is 1.46. The Morgan fingerprint density at radius 2 is 1.77 bits per heavy atom. The van der Waals surface area contributed by atoms with Gasteiger partial charge in [0, 0.05) is 0 Å². The zero-order valence-electron chi connectivity index (χ0n) is 15.7. The van der Waals surface area contributed by atoms with Crippen LogP contribution >= 0.6 is 22.7 Å². The van der Waals surface area contributed by atoms with Gasteiger partial charge in [-0.25, -0.2) is 9.37 Å². The predicted molar refractivity (Wildman–Crippen MR) is 115 cm³/mol. The number of amides is 2. The molecule has 0 aliphatic carbocycles. The van der Waals surface area contributed by atoms with Gasteiger partial charge in [0.1, 0.15) is 5.01 Å². The number of aromatic nitrogens is 1. The molecule has 0 aliphatic rings. The third-order valence-electron chi connectivity index (χ3n) is 4.14. The van der Waals surface area contributed by atoms with E-state index in [0.717, 1.165) is 20.1 Å². The van der Waals surface area contributed by atoms with Crippen LogP contribution < -0.4 is 15.6 Å². The lowest BCUT2D eigenvalue weighted by Crippen LogP contribution is -2.47. The number of thiazole rings is 1. The Kier molecular flexibility index (Phi) is 5.73. The number of nitrogens with zero attached hydrogens (tertiary/aromatic N) is 1. The number of thiophene rings is 1. The van der Waals surface area contributed by atoms with Crippen molar-refractivity contribution in [2.75, 3.05) is 0 Å². The van der Waals surface area contributed by atoms with Gasteiger partial charge >= 0.3 is 0 Å². The topological polar surface area (TPSA) is 80.3 Å². The first-order chi connectivity index (χ1) is 14.5. The highest BCUT2D eigenvalue weighted by Gasteiger charge is 2.18. The molecule has 9 heteroatoms. The molecule has 0 spiro atoms. The number of para-hydroxylation sites is 2. The van der Waals surface area contributed by atoms with Crippen molar-refractivity contribution >= 4 is 44.7 Å². The maximum absolute atomic E-state index is 13.6. The summed E-state index contributed by atoms with van der Waals surface area (Å²) in [6.07, 6.45) is -0.996. The lowest BCUT2D eigenvalue weighted by molar-refractivity contribution is -0.128. The first-order valence-corrected chi connectivity index (χ1v) is 10.6. The van der Waals surface area contributed by atoms with Crippen molar-refractivity contribution in [3.63, 3.8) is 0 Å². The van der Waals surface area contributed by atoms with E-state index in [2.05, 4.69) is 15.8 Å². The minimum Gasteiger partial charge on any atom is -0.478 e. The van der Waals surface area contributed by atoms with Gasteiger partial charge in [0.05, 0.1) is 20.0 Å². The number of fused-ring (bicyclic) bond motifs is 1. The zero-order chi connectivity index (χ0) is 21.1. The summed E-state index contributed by atoms with van der Waals surface area (Å²) >= 11 is 2.83. The molecular weight excluding hydrogens is 425 g/mol. The number of ether oxygens (including phenoxy) is 1. The lowest BCUT2D eigenvalue weighted by atomic mass is 10.3. The number of hydrogen-bond acceptors (Lipinski definition) is 6. The summed E-state index contributed by atoms with van der Waals surface area (Å²) in [6, 6.07) is 17.1. The fraction of sp³-hybridized carbons (Fsp3) is 0.0952. The molecular formula is C21H16FN3O3S2. The fourth-order valence-corrected chi connectivity index (χ4v) is 4.54. The summed E-state index contributed by atoms with van der Waals surface area (Å²) in [5.41, 5.74) is 5.56. The standard InChI is InChI=1S/C21H16FN3O3S2/c1-12(28-15-8-4-2-6-13(15)22)19(26)24-25-20(27)17-10-11-18(29-17)21-23-14-7-3-5-9-16(14)30-21/h2-12H,1H3,(H,24,26)(H,25,27). The molecule has 2 heterocycles. The fourth-order valence-electron chi connectivity index (χ4n) is 2.62. The van der Waals surface area contributed by atoms with Crippen LogP contribution in [0.25, 0.3) is 20.1 Å². The van der Waals surface area contributed by atoms with Crippen molar-refractivity contribution in [1.82, 2.24) is 15.8 Å². The molecule has 1 unspecified atom stereocenters. The molecule has 30 heavy (non-hydrogen) atoms. The van der Waals surface area contributed by atoms with E-state index >= 15 is 0 Å². The molecule has 2 N–H and O–H groups in total. The Balaban J connectivity index is 1.36. The van der Waals surface area contributed by atoms with E-state index in [4.69, 9.17) is 4.74 Å². The van der Waals surface area contributed by atoms with Crippen molar-refractivity contribution in [2.24, 2.45) is 0 Å². The van der Waals surface area contributed by atoms with E-state index in [1.54, 1.807) is 23.5 Å². The van der Waals surface area contributed by atoms with Crippen molar-refractivity contribution in [1.29, 1.82) is 0 Å². The minimum absolute atomic E-state index is 0.0368. The average molecular weight is 442 g/mol. The van der Waals surface area contributed by atoms with E-state index in [1.807, 2.05) is 30.3 Å². The quantitative estimate of drug-likeness (QED) is 0.450. The molecule has 152 valence electrons. The zero-order valence-corrected chi connectivity index (χ0v) is 17.4. The number of carbonyl (C=O) groups excluding carboxylic acids is 2. The van der Waals surface area contributed by atoms with Gasteiger partial charge in [0.2, 0.25) is 0 Å². The van der Waals surface area contributed by atoms with E-state index < -0.39 is 23.7 Å². The minimum atomic E-state index is -0.996. The van der Waals surface area contributed by atoms with E-state index in [9.17, 15) is 14.0 Å². The van der Waals surface area contributed by atoms with Crippen LogP contribution in [0.1, 0.15) is 16.6 Å². The van der Waals surface area contributed by atoms with E-state index in [0.29, 0.717) is 4.88 Å². The van der Waals surface area contributed by atoms with Gasteiger partial charge in [0.25, 0.3) is 11.8 Å². The van der Waals surface area contributed by atoms with Crippen LogP contribution in [0.2, 0.25) is 0 Å². The van der Waals surface area contributed by atoms with Crippen LogP contribution in [-0.2, 0) is 4.79 Å². The summed E-state index contributed by atoms with van der Waals surface area (Å²) in [7, 11) is 0. The van der Waals surface area contributed by atoms with Crippen LogP contribution in [-0.4, -0.2) is 22.9 Å². The third-order valence-corrected chi connectivity index (χ3v) is 6.43. The summed E-state index contributed by atoms with van der Waals surface area (Å²) in [4.78, 5) is 30.4. The van der Waals surface area contributed by atoms with Gasteiger partial charge in [-0.2, -0.15) is 0 Å². The maximum atomic E-state index is 13.6. The third kappa shape index (κ3) is 4.32. The molecule has 0 saturated heterocycles. The molecule has 4 aromatic rings. The van der Waals surface area contributed by atoms with E-state index in [1.165, 1.54) is 36.5 Å². The molecule has 4 rings (SSSR count). The van der Waals surface area contributed by atoms with Gasteiger partial charge in [0.15, 0.2) is 17.7 Å². The molecule has 0 fully saturated rings. The van der Waals surface area contributed by atoms with E-state index in [-0.39, 0.29) is 5.75 Å². The molecule has 1 atom stereocenters. The van der Waals surface area contributed by atoms with Gasteiger partial charge in [-0.1, -0.05) is 24.3 Å². The smallest absolute Gasteiger partial charge is 0.279 e. The highest BCUT2D eigenvalue weighted by molar-refractivity contribution is 7.26. The normalized spacial score (nSPS) is 11.8. The highest BCUT2D eigenvalue weighted by atomic mass is 32.1. The summed E-state index contributed by atoms with van der Waals surface area (Å²) in [5, 5.41) is 0.830. The average Bonchev–Trinajstić information content (AvgIpc) is 3.40. The van der Waals surface area contributed by atoms with Crippen molar-refractivity contribution in [3.05, 3.63) is 71.4 Å². The molecule has 2 aromatic carbocycles. The SMILES string of the molecule is CC(Oc1ccccc1F)C(=O)NNC(=O)c1ccc(-c2nc3ccccc3s2)s1. The largest absolute Gasteiger partial charge is 0.478 e. The van der Waals surface area contributed by atoms with Gasteiger partial charge < -0.3 is 4.74 Å². The number of rotatable bonds is 5. The summed E-state index contributed by atoms with van der Waals surface area (Å²) < 4.78 is 20.0. The first kappa shape index (κ1) is 20.0. The lowest BCUT2D eigenvalue weighted by Gasteiger charge is -2.15. The Morgan fingerprint density at radius 1 is 1.00 bits per heavy atom. The van der Waals surface area contributed by atoms with Crippen molar-refractivity contribution in [3.8, 4) is 15.6 Å². The molecule has 0 aliphatic heterocycles. The maximum Gasteiger partial charge on any atom is 0.279 e. The second-order valence-corrected chi connectivity index (χ2v) is 8.40. The Morgan fingerprint density at radius 3 is 2.57 bits per heavy atom. The molecule has 2 amide bonds. The molecule has 0 bridgehead atoms. The number of carbonyl (C=O) groups is 2. The molecule has 0 radical (unpaired) electrons. The second-order valence-electron chi connectivity index (χ2n) is 6.28. The number of halogens is 1. The monoisotopic (exact) mass is 441 g/mol. The van der Waals surface area contributed by atoms with Crippen LogP contribution in [0.5, 0.6) is 5.75 Å². The number of hydrogen-bond donors (Lipinski definition) is 2. The summed E-state index contributed by atoms with van der Waals surface area (Å²) in [5.74, 6) is -1.67. The Bertz CT molecular complexity index is 1190. The Hall–Kier alpha value is -3.30.